The number of hydrogen-bond acceptors (Lipinski definition) is 2. The van der Waals surface area contributed by atoms with Gasteiger partial charge in [0.15, 0.2) is 0 Å². The summed E-state index contributed by atoms with van der Waals surface area (Å²) in [6, 6.07) is 10.9. The predicted octanol–water partition coefficient (Wildman–Crippen LogP) is 3.30. The van der Waals surface area contributed by atoms with Crippen LogP contribution in [0.5, 0.6) is 0 Å². The van der Waals surface area contributed by atoms with E-state index in [2.05, 4.69) is 25.9 Å². The first kappa shape index (κ1) is 13.1. The highest BCUT2D eigenvalue weighted by atomic mass is 79.9. The normalized spacial score (nSPS) is 10.9. The van der Waals surface area contributed by atoms with Gasteiger partial charge in [-0.05, 0) is 51.3 Å². The number of aromatic nitrogens is 2. The number of nitrogens with one attached hydrogen (secondary N) is 2. The van der Waals surface area contributed by atoms with E-state index in [0.29, 0.717) is 20.4 Å². The molecule has 0 aliphatic heterocycles. The van der Waals surface area contributed by atoms with Crippen molar-refractivity contribution in [1.82, 2.24) is 9.97 Å². The van der Waals surface area contributed by atoms with E-state index >= 15 is 0 Å². The van der Waals surface area contributed by atoms with E-state index in [0.717, 1.165) is 11.1 Å². The molecule has 6 heteroatoms. The Bertz CT molecular complexity index is 913. The Morgan fingerprint density at radius 2 is 1.65 bits per heavy atom. The van der Waals surface area contributed by atoms with E-state index in [1.165, 1.54) is 0 Å². The van der Waals surface area contributed by atoms with Crippen LogP contribution in [0, 0.1) is 0 Å². The maximum Gasteiger partial charge on any atom is 0.326 e. The number of rotatable bonds is 1. The number of H-pyrrole nitrogens is 2. The van der Waals surface area contributed by atoms with Crippen LogP contribution in [0.15, 0.2) is 50.5 Å². The summed E-state index contributed by atoms with van der Waals surface area (Å²) in [6.45, 7) is 0. The largest absolute Gasteiger partial charge is 0.326 e. The number of fused-ring (bicyclic) bond motifs is 1. The minimum Gasteiger partial charge on any atom is -0.306 e. The average molecular weight is 352 g/mol. The molecule has 0 spiro atoms. The van der Waals surface area contributed by atoms with Crippen LogP contribution in [0.4, 0.5) is 0 Å². The van der Waals surface area contributed by atoms with Crippen molar-refractivity contribution in [3.8, 4) is 11.1 Å². The van der Waals surface area contributed by atoms with Gasteiger partial charge in [0.1, 0.15) is 0 Å². The second-order valence-corrected chi connectivity index (χ2v) is 5.59. The third kappa shape index (κ3) is 2.30. The number of hydrogen-bond donors (Lipinski definition) is 2. The van der Waals surface area contributed by atoms with Crippen LogP contribution < -0.4 is 11.2 Å². The van der Waals surface area contributed by atoms with Crippen LogP contribution in [-0.2, 0) is 0 Å². The number of benzene rings is 2. The molecule has 1 aromatic heterocycles. The third-order valence-electron chi connectivity index (χ3n) is 2.98. The Morgan fingerprint density at radius 3 is 2.35 bits per heavy atom. The van der Waals surface area contributed by atoms with E-state index < -0.39 is 11.2 Å². The van der Waals surface area contributed by atoms with Crippen molar-refractivity contribution in [3.63, 3.8) is 0 Å². The van der Waals surface area contributed by atoms with Crippen molar-refractivity contribution in [3.05, 3.63) is 66.7 Å². The minimum absolute atomic E-state index is 0.416. The molecule has 20 heavy (non-hydrogen) atoms. The van der Waals surface area contributed by atoms with E-state index in [1.54, 1.807) is 18.2 Å². The van der Waals surface area contributed by atoms with Crippen molar-refractivity contribution in [2.45, 2.75) is 0 Å². The number of aromatic amines is 2. The molecule has 0 fully saturated rings. The highest BCUT2D eigenvalue weighted by Gasteiger charge is 2.08. The summed E-state index contributed by atoms with van der Waals surface area (Å²) >= 11 is 9.24. The molecule has 0 saturated carbocycles. The van der Waals surface area contributed by atoms with Crippen LogP contribution in [0.3, 0.4) is 0 Å². The van der Waals surface area contributed by atoms with Gasteiger partial charge in [0.25, 0.3) is 5.56 Å². The Morgan fingerprint density at radius 1 is 0.950 bits per heavy atom. The van der Waals surface area contributed by atoms with Crippen LogP contribution >= 0.6 is 27.5 Å². The standard InChI is InChI=1S/C14H8BrClN2O2/c15-11-6-8(7-1-3-9(16)4-2-7)5-10-12(11)17-14(20)18-13(10)19/h1-6H,(H2,17,18,19,20). The predicted molar refractivity (Wildman–Crippen MR) is 83.3 cm³/mol. The molecule has 1 heterocycles. The topological polar surface area (TPSA) is 65.7 Å². The molecule has 0 saturated heterocycles. The molecule has 2 N–H and O–H groups in total. The molecule has 100 valence electrons. The highest BCUT2D eigenvalue weighted by Crippen LogP contribution is 2.28. The summed E-state index contributed by atoms with van der Waals surface area (Å²) < 4.78 is 0.656. The number of halogens is 2. The second kappa shape index (κ2) is 4.92. The molecule has 0 aliphatic rings. The molecule has 3 aromatic rings. The summed E-state index contributed by atoms with van der Waals surface area (Å²) in [5, 5.41) is 1.07. The zero-order chi connectivity index (χ0) is 14.3. The van der Waals surface area contributed by atoms with Gasteiger partial charge in [-0.1, -0.05) is 23.7 Å². The van der Waals surface area contributed by atoms with Gasteiger partial charge >= 0.3 is 5.69 Å². The smallest absolute Gasteiger partial charge is 0.306 e. The molecule has 0 unspecified atom stereocenters. The van der Waals surface area contributed by atoms with Gasteiger partial charge in [0.2, 0.25) is 0 Å². The third-order valence-corrected chi connectivity index (χ3v) is 3.86. The van der Waals surface area contributed by atoms with Crippen LogP contribution in [0.25, 0.3) is 22.0 Å². The first-order chi connectivity index (χ1) is 9.54. The lowest BCUT2D eigenvalue weighted by Crippen LogP contribution is -2.22. The fourth-order valence-corrected chi connectivity index (χ4v) is 2.72. The summed E-state index contributed by atoms with van der Waals surface area (Å²) in [7, 11) is 0. The molecule has 3 rings (SSSR count). The minimum atomic E-state index is -0.526. The molecule has 0 aliphatic carbocycles. The van der Waals surface area contributed by atoms with Crippen LogP contribution in [0.2, 0.25) is 5.02 Å². The van der Waals surface area contributed by atoms with Gasteiger partial charge < -0.3 is 4.98 Å². The van der Waals surface area contributed by atoms with Crippen molar-refractivity contribution >= 4 is 38.4 Å². The fraction of sp³-hybridized carbons (Fsp3) is 0. The quantitative estimate of drug-likeness (QED) is 0.706. The van der Waals surface area contributed by atoms with E-state index in [1.807, 2.05) is 18.2 Å². The first-order valence-electron chi connectivity index (χ1n) is 5.76. The van der Waals surface area contributed by atoms with Gasteiger partial charge in [-0.2, -0.15) is 0 Å². The Hall–Kier alpha value is -1.85. The molecule has 0 atom stereocenters. The zero-order valence-corrected chi connectivity index (χ0v) is 12.4. The average Bonchev–Trinajstić information content (AvgIpc) is 2.40. The lowest BCUT2D eigenvalue weighted by molar-refractivity contribution is 1.08. The molecule has 0 amide bonds. The zero-order valence-electron chi connectivity index (χ0n) is 10.0. The van der Waals surface area contributed by atoms with E-state index in [-0.39, 0.29) is 0 Å². The van der Waals surface area contributed by atoms with Crippen molar-refractivity contribution in [1.29, 1.82) is 0 Å². The molecular weight excluding hydrogens is 344 g/mol. The Labute approximate surface area is 126 Å². The van der Waals surface area contributed by atoms with E-state index in [4.69, 9.17) is 11.6 Å². The lowest BCUT2D eigenvalue weighted by atomic mass is 10.0. The van der Waals surface area contributed by atoms with Gasteiger partial charge in [0, 0.05) is 9.50 Å². The monoisotopic (exact) mass is 350 g/mol. The van der Waals surface area contributed by atoms with Crippen LogP contribution in [-0.4, -0.2) is 9.97 Å². The maximum atomic E-state index is 11.9. The fourth-order valence-electron chi connectivity index (χ4n) is 2.04. The van der Waals surface area contributed by atoms with Gasteiger partial charge in [-0.25, -0.2) is 4.79 Å². The van der Waals surface area contributed by atoms with Gasteiger partial charge in [-0.15, -0.1) is 0 Å². The summed E-state index contributed by atoms with van der Waals surface area (Å²) in [5.41, 5.74) is 1.33. The van der Waals surface area contributed by atoms with Crippen molar-refractivity contribution < 1.29 is 0 Å². The van der Waals surface area contributed by atoms with Crippen molar-refractivity contribution in [2.75, 3.05) is 0 Å². The molecular formula is C14H8BrClN2O2. The summed E-state index contributed by atoms with van der Waals surface area (Å²) in [6.07, 6.45) is 0. The molecule has 0 bridgehead atoms. The molecule has 0 radical (unpaired) electrons. The van der Waals surface area contributed by atoms with Gasteiger partial charge in [-0.3, -0.25) is 9.78 Å². The van der Waals surface area contributed by atoms with Gasteiger partial charge in [0.05, 0.1) is 10.9 Å². The summed E-state index contributed by atoms with van der Waals surface area (Å²) in [5.74, 6) is 0. The SMILES string of the molecule is O=c1[nH]c(=O)c2cc(-c3ccc(Cl)cc3)cc(Br)c2[nH]1. The molecule has 2 aromatic carbocycles. The Balaban J connectivity index is 2.32. The van der Waals surface area contributed by atoms with E-state index in [9.17, 15) is 9.59 Å². The molecule has 4 nitrogen and oxygen atoms in total. The van der Waals surface area contributed by atoms with Crippen molar-refractivity contribution in [2.24, 2.45) is 0 Å². The summed E-state index contributed by atoms with van der Waals surface area (Å²) in [4.78, 5) is 28.0. The Kier molecular flexibility index (Phi) is 3.23. The van der Waals surface area contributed by atoms with Crippen LogP contribution in [0.1, 0.15) is 0 Å². The second-order valence-electron chi connectivity index (χ2n) is 4.30. The maximum absolute atomic E-state index is 11.9. The lowest BCUT2D eigenvalue weighted by Gasteiger charge is -2.06. The highest BCUT2D eigenvalue weighted by molar-refractivity contribution is 9.10. The first-order valence-corrected chi connectivity index (χ1v) is 6.93.